The van der Waals surface area contributed by atoms with Gasteiger partial charge in [0.1, 0.15) is 0 Å². The molecular formula is C17H20N2. The quantitative estimate of drug-likeness (QED) is 0.909. The number of fused-ring (bicyclic) bond motifs is 1. The van der Waals surface area contributed by atoms with Crippen LogP contribution in [0.2, 0.25) is 0 Å². The van der Waals surface area contributed by atoms with Crippen LogP contribution in [-0.4, -0.2) is 4.98 Å². The number of nitrogens with zero attached hydrogens (tertiary/aromatic N) is 1. The summed E-state index contributed by atoms with van der Waals surface area (Å²) in [5.74, 6) is 0.237. The third-order valence-electron chi connectivity index (χ3n) is 4.20. The lowest BCUT2D eigenvalue weighted by molar-refractivity contribution is 0.583. The fraction of sp³-hybridized carbons (Fsp3) is 0.353. The third kappa shape index (κ3) is 2.41. The number of hydrogen-bond acceptors (Lipinski definition) is 2. The molecule has 0 bridgehead atoms. The first-order valence-electron chi connectivity index (χ1n) is 7.04. The summed E-state index contributed by atoms with van der Waals surface area (Å²) in [5, 5.41) is 0. The summed E-state index contributed by atoms with van der Waals surface area (Å²) in [6.07, 6.45) is 5.54. The van der Waals surface area contributed by atoms with Crippen LogP contribution in [0.3, 0.4) is 0 Å². The van der Waals surface area contributed by atoms with Crippen molar-refractivity contribution in [3.8, 4) is 0 Å². The zero-order valence-electron chi connectivity index (χ0n) is 11.3. The molecule has 1 aliphatic rings. The fourth-order valence-electron chi connectivity index (χ4n) is 2.92. The first-order valence-corrected chi connectivity index (χ1v) is 7.04. The molecule has 2 unspecified atom stereocenters. The normalized spacial score (nSPS) is 16.9. The van der Waals surface area contributed by atoms with E-state index in [9.17, 15) is 0 Å². The average molecular weight is 252 g/mol. The Morgan fingerprint density at radius 1 is 1.11 bits per heavy atom. The molecule has 2 N–H and O–H groups in total. The van der Waals surface area contributed by atoms with Gasteiger partial charge in [0.2, 0.25) is 0 Å². The Labute approximate surface area is 114 Å². The summed E-state index contributed by atoms with van der Waals surface area (Å²) >= 11 is 0. The third-order valence-corrected chi connectivity index (χ3v) is 4.20. The number of aromatic nitrogens is 1. The molecule has 0 saturated heterocycles. The van der Waals surface area contributed by atoms with Crippen molar-refractivity contribution in [2.75, 3.05) is 0 Å². The largest absolute Gasteiger partial charge is 0.323 e. The van der Waals surface area contributed by atoms with E-state index in [4.69, 9.17) is 5.73 Å². The van der Waals surface area contributed by atoms with E-state index in [1.165, 1.54) is 36.0 Å². The number of aryl methyl sites for hydroxylation is 2. The topological polar surface area (TPSA) is 38.9 Å². The van der Waals surface area contributed by atoms with E-state index in [-0.39, 0.29) is 12.0 Å². The van der Waals surface area contributed by atoms with E-state index in [1.54, 1.807) is 0 Å². The van der Waals surface area contributed by atoms with Crippen LogP contribution in [0.25, 0.3) is 0 Å². The first kappa shape index (κ1) is 12.4. The molecule has 0 aliphatic heterocycles. The molecule has 2 aromatic rings. The second-order valence-electron chi connectivity index (χ2n) is 5.45. The molecule has 2 heteroatoms. The Balaban J connectivity index is 1.86. The molecule has 2 atom stereocenters. The number of benzene rings is 1. The van der Waals surface area contributed by atoms with Crippen molar-refractivity contribution in [3.05, 3.63) is 65.0 Å². The van der Waals surface area contributed by atoms with Crippen LogP contribution >= 0.6 is 0 Å². The van der Waals surface area contributed by atoms with Crippen molar-refractivity contribution in [2.24, 2.45) is 5.73 Å². The SMILES string of the molecule is CC(c1ccccn1)C(N)c1ccc2c(c1)CCC2. The van der Waals surface area contributed by atoms with Gasteiger partial charge < -0.3 is 5.73 Å². The summed E-state index contributed by atoms with van der Waals surface area (Å²) in [5.41, 5.74) is 11.7. The van der Waals surface area contributed by atoms with Gasteiger partial charge in [-0.25, -0.2) is 0 Å². The van der Waals surface area contributed by atoms with Crippen LogP contribution in [0.4, 0.5) is 0 Å². The van der Waals surface area contributed by atoms with Gasteiger partial charge in [-0.15, -0.1) is 0 Å². The molecule has 0 saturated carbocycles. The van der Waals surface area contributed by atoms with Gasteiger partial charge >= 0.3 is 0 Å². The number of nitrogens with two attached hydrogens (primary N) is 1. The molecule has 2 nitrogen and oxygen atoms in total. The van der Waals surface area contributed by atoms with E-state index >= 15 is 0 Å². The van der Waals surface area contributed by atoms with Crippen molar-refractivity contribution in [1.29, 1.82) is 0 Å². The van der Waals surface area contributed by atoms with E-state index in [0.717, 1.165) is 5.69 Å². The second-order valence-corrected chi connectivity index (χ2v) is 5.45. The molecule has 3 rings (SSSR count). The van der Waals surface area contributed by atoms with Crippen molar-refractivity contribution in [1.82, 2.24) is 4.98 Å². The monoisotopic (exact) mass is 252 g/mol. The minimum absolute atomic E-state index is 0.0146. The van der Waals surface area contributed by atoms with Crippen molar-refractivity contribution >= 4 is 0 Å². The van der Waals surface area contributed by atoms with E-state index < -0.39 is 0 Å². The standard InChI is InChI=1S/C17H20N2/c1-12(16-7-2-3-10-19-16)17(18)15-9-8-13-5-4-6-14(13)11-15/h2-3,7-12,17H,4-6,18H2,1H3. The van der Waals surface area contributed by atoms with Crippen LogP contribution in [-0.2, 0) is 12.8 Å². The minimum atomic E-state index is 0.0146. The number of rotatable bonds is 3. The Bertz CT molecular complexity index is 563. The van der Waals surface area contributed by atoms with Gasteiger partial charge in [0.15, 0.2) is 0 Å². The van der Waals surface area contributed by atoms with Crippen LogP contribution < -0.4 is 5.73 Å². The zero-order valence-corrected chi connectivity index (χ0v) is 11.3. The lowest BCUT2D eigenvalue weighted by atomic mass is 9.90. The molecule has 1 aromatic heterocycles. The Hall–Kier alpha value is -1.67. The van der Waals surface area contributed by atoms with Gasteiger partial charge in [0.05, 0.1) is 0 Å². The minimum Gasteiger partial charge on any atom is -0.323 e. The molecule has 0 radical (unpaired) electrons. The summed E-state index contributed by atoms with van der Waals surface area (Å²) in [6, 6.07) is 12.8. The van der Waals surface area contributed by atoms with Crippen molar-refractivity contribution in [3.63, 3.8) is 0 Å². The lowest BCUT2D eigenvalue weighted by Gasteiger charge is -2.20. The predicted octanol–water partition coefficient (Wildman–Crippen LogP) is 3.37. The Morgan fingerprint density at radius 3 is 2.74 bits per heavy atom. The molecule has 1 aromatic carbocycles. The van der Waals surface area contributed by atoms with Gasteiger partial charge in [0, 0.05) is 23.9 Å². The van der Waals surface area contributed by atoms with Crippen LogP contribution in [0, 0.1) is 0 Å². The predicted molar refractivity (Wildman–Crippen MR) is 78.0 cm³/mol. The average Bonchev–Trinajstić information content (AvgIpc) is 2.94. The lowest BCUT2D eigenvalue weighted by Crippen LogP contribution is -2.18. The smallest absolute Gasteiger partial charge is 0.0450 e. The van der Waals surface area contributed by atoms with Gasteiger partial charge in [-0.05, 0) is 48.1 Å². The second kappa shape index (κ2) is 5.14. The first-order chi connectivity index (χ1) is 9.25. The van der Waals surface area contributed by atoms with Gasteiger partial charge in [-0.1, -0.05) is 31.2 Å². The highest BCUT2D eigenvalue weighted by molar-refractivity contribution is 5.37. The number of hydrogen-bond donors (Lipinski definition) is 1. The maximum Gasteiger partial charge on any atom is 0.0450 e. The summed E-state index contributed by atoms with van der Waals surface area (Å²) < 4.78 is 0. The fourth-order valence-corrected chi connectivity index (χ4v) is 2.92. The highest BCUT2D eigenvalue weighted by Crippen LogP contribution is 2.30. The van der Waals surface area contributed by atoms with Gasteiger partial charge in [-0.3, -0.25) is 4.98 Å². The van der Waals surface area contributed by atoms with E-state index in [1.807, 2.05) is 18.3 Å². The molecule has 0 fully saturated rings. The molecule has 1 heterocycles. The maximum absolute atomic E-state index is 6.42. The number of pyridine rings is 1. The van der Waals surface area contributed by atoms with Crippen LogP contribution in [0.15, 0.2) is 42.6 Å². The van der Waals surface area contributed by atoms with Crippen molar-refractivity contribution in [2.45, 2.75) is 38.1 Å². The zero-order chi connectivity index (χ0) is 13.2. The molecular weight excluding hydrogens is 232 g/mol. The summed E-state index contributed by atoms with van der Waals surface area (Å²) in [7, 11) is 0. The van der Waals surface area contributed by atoms with Gasteiger partial charge in [0.25, 0.3) is 0 Å². The Morgan fingerprint density at radius 2 is 1.95 bits per heavy atom. The molecule has 0 amide bonds. The molecule has 1 aliphatic carbocycles. The molecule has 0 spiro atoms. The summed E-state index contributed by atoms with van der Waals surface area (Å²) in [4.78, 5) is 4.42. The highest BCUT2D eigenvalue weighted by Gasteiger charge is 2.19. The van der Waals surface area contributed by atoms with Crippen LogP contribution in [0.5, 0.6) is 0 Å². The molecule has 98 valence electrons. The Kier molecular flexibility index (Phi) is 3.34. The highest BCUT2D eigenvalue weighted by atomic mass is 14.7. The van der Waals surface area contributed by atoms with Crippen molar-refractivity contribution < 1.29 is 0 Å². The summed E-state index contributed by atoms with van der Waals surface area (Å²) in [6.45, 7) is 2.15. The maximum atomic E-state index is 6.42. The molecule has 19 heavy (non-hydrogen) atoms. The van der Waals surface area contributed by atoms with E-state index in [2.05, 4.69) is 36.2 Å². The van der Waals surface area contributed by atoms with Crippen LogP contribution in [0.1, 0.15) is 47.7 Å². The van der Waals surface area contributed by atoms with E-state index in [0.29, 0.717) is 0 Å². The van der Waals surface area contributed by atoms with Gasteiger partial charge in [-0.2, -0.15) is 0 Å².